The van der Waals surface area contributed by atoms with Crippen molar-refractivity contribution >= 4 is 35.1 Å². The van der Waals surface area contributed by atoms with E-state index >= 15 is 0 Å². The van der Waals surface area contributed by atoms with E-state index in [0.717, 1.165) is 5.03 Å². The summed E-state index contributed by atoms with van der Waals surface area (Å²) in [5.74, 6) is -2.61. The molecule has 0 saturated heterocycles. The van der Waals surface area contributed by atoms with Gasteiger partial charge in [-0.3, -0.25) is 4.79 Å². The minimum Gasteiger partial charge on any atom is -0.324 e. The van der Waals surface area contributed by atoms with Crippen molar-refractivity contribution in [1.29, 1.82) is 0 Å². The number of nitrogens with one attached hydrogen (secondary N) is 1. The Morgan fingerprint density at radius 1 is 1.19 bits per heavy atom. The minimum absolute atomic E-state index is 0.171. The Kier molecular flexibility index (Phi) is 6.01. The van der Waals surface area contributed by atoms with Crippen molar-refractivity contribution in [1.82, 2.24) is 4.98 Å². The number of nitrogens with zero attached hydrogens (tertiary/aromatic N) is 1. The number of benzene rings is 1. The zero-order valence-electron chi connectivity index (χ0n) is 10.8. The molecular formula is C14H12F2N2OS2. The summed E-state index contributed by atoms with van der Waals surface area (Å²) < 4.78 is 24.9. The molecule has 1 aromatic heterocycles. The molecular weight excluding hydrogens is 314 g/mol. The average molecular weight is 326 g/mol. The first-order chi connectivity index (χ1) is 10.1. The van der Waals surface area contributed by atoms with Crippen molar-refractivity contribution in [2.45, 2.75) is 15.7 Å². The molecule has 0 fully saturated rings. The van der Waals surface area contributed by atoms with Gasteiger partial charge in [0.1, 0.15) is 0 Å². The van der Waals surface area contributed by atoms with E-state index < -0.39 is 5.76 Å². The maximum atomic E-state index is 12.4. The lowest BCUT2D eigenvalue weighted by Crippen LogP contribution is -2.14. The number of carbonyl (C=O) groups excluding carboxylic acids is 1. The van der Waals surface area contributed by atoms with Gasteiger partial charge >= 0.3 is 0 Å². The van der Waals surface area contributed by atoms with Crippen LogP contribution >= 0.6 is 23.5 Å². The fourth-order valence-electron chi connectivity index (χ4n) is 1.53. The normalized spacial score (nSPS) is 10.6. The summed E-state index contributed by atoms with van der Waals surface area (Å²) in [6, 6.07) is 11.9. The number of pyridine rings is 1. The van der Waals surface area contributed by atoms with Crippen LogP contribution in [0.15, 0.2) is 58.6 Å². The fourth-order valence-corrected chi connectivity index (χ4v) is 2.78. The SMILES string of the molecule is O=C(CSc1ccccn1)Nc1ccccc1SC(F)F. The average Bonchev–Trinajstić information content (AvgIpc) is 2.48. The molecule has 1 amide bonds. The summed E-state index contributed by atoms with van der Waals surface area (Å²) in [5.41, 5.74) is 0.398. The van der Waals surface area contributed by atoms with Crippen LogP contribution in [-0.4, -0.2) is 22.4 Å². The van der Waals surface area contributed by atoms with Gasteiger partial charge in [0, 0.05) is 11.1 Å². The van der Waals surface area contributed by atoms with Gasteiger partial charge in [0.15, 0.2) is 0 Å². The maximum Gasteiger partial charge on any atom is 0.288 e. The first-order valence-corrected chi connectivity index (χ1v) is 7.89. The molecule has 0 bridgehead atoms. The van der Waals surface area contributed by atoms with Gasteiger partial charge in [-0.1, -0.05) is 41.7 Å². The first-order valence-electron chi connectivity index (χ1n) is 6.02. The Labute approximate surface area is 129 Å². The van der Waals surface area contributed by atoms with Crippen LogP contribution in [0.5, 0.6) is 0 Å². The lowest BCUT2D eigenvalue weighted by atomic mass is 10.3. The van der Waals surface area contributed by atoms with Crippen LogP contribution in [0.1, 0.15) is 0 Å². The van der Waals surface area contributed by atoms with E-state index in [2.05, 4.69) is 10.3 Å². The Hall–Kier alpha value is -1.60. The Morgan fingerprint density at radius 2 is 1.95 bits per heavy atom. The van der Waals surface area contributed by atoms with E-state index in [1.165, 1.54) is 11.8 Å². The summed E-state index contributed by atoms with van der Waals surface area (Å²) in [6.45, 7) is 0. The first kappa shape index (κ1) is 15.8. The zero-order valence-corrected chi connectivity index (χ0v) is 12.5. The van der Waals surface area contributed by atoms with E-state index in [0.29, 0.717) is 22.3 Å². The summed E-state index contributed by atoms with van der Waals surface area (Å²) >= 11 is 1.70. The van der Waals surface area contributed by atoms with E-state index in [1.807, 2.05) is 6.07 Å². The fraction of sp³-hybridized carbons (Fsp3) is 0.143. The number of para-hydroxylation sites is 1. The van der Waals surface area contributed by atoms with Gasteiger partial charge in [0.05, 0.1) is 16.5 Å². The molecule has 0 aliphatic carbocycles. The van der Waals surface area contributed by atoms with Crippen LogP contribution in [0.2, 0.25) is 0 Å². The second-order valence-corrected chi connectivity index (χ2v) is 5.91. The molecule has 21 heavy (non-hydrogen) atoms. The van der Waals surface area contributed by atoms with Crippen molar-refractivity contribution in [3.8, 4) is 0 Å². The minimum atomic E-state index is -2.52. The van der Waals surface area contributed by atoms with Crippen molar-refractivity contribution in [2.75, 3.05) is 11.1 Å². The Morgan fingerprint density at radius 3 is 2.67 bits per heavy atom. The van der Waals surface area contributed by atoms with Crippen molar-refractivity contribution in [3.05, 3.63) is 48.7 Å². The summed E-state index contributed by atoms with van der Waals surface area (Å²) in [6.07, 6.45) is 1.65. The number of aromatic nitrogens is 1. The molecule has 1 aromatic carbocycles. The third-order valence-corrected chi connectivity index (χ3v) is 4.10. The quantitative estimate of drug-likeness (QED) is 0.811. The highest BCUT2D eigenvalue weighted by molar-refractivity contribution is 8.00. The van der Waals surface area contributed by atoms with Crippen molar-refractivity contribution in [3.63, 3.8) is 0 Å². The highest BCUT2D eigenvalue weighted by Crippen LogP contribution is 2.31. The van der Waals surface area contributed by atoms with Gasteiger partial charge in [-0.2, -0.15) is 8.78 Å². The summed E-state index contributed by atoms with van der Waals surface area (Å²) in [4.78, 5) is 16.3. The topological polar surface area (TPSA) is 42.0 Å². The lowest BCUT2D eigenvalue weighted by Gasteiger charge is -2.10. The molecule has 0 radical (unpaired) electrons. The predicted octanol–water partition coefficient (Wildman–Crippen LogP) is 4.13. The monoisotopic (exact) mass is 326 g/mol. The van der Waals surface area contributed by atoms with Gasteiger partial charge in [-0.25, -0.2) is 4.98 Å². The molecule has 110 valence electrons. The molecule has 3 nitrogen and oxygen atoms in total. The maximum absolute atomic E-state index is 12.4. The van der Waals surface area contributed by atoms with Crippen molar-refractivity contribution < 1.29 is 13.6 Å². The number of anilines is 1. The van der Waals surface area contributed by atoms with E-state index in [9.17, 15) is 13.6 Å². The molecule has 0 unspecified atom stereocenters. The summed E-state index contributed by atoms with van der Waals surface area (Å²) in [7, 11) is 0. The van der Waals surface area contributed by atoms with Gasteiger partial charge in [0.25, 0.3) is 5.76 Å². The highest BCUT2D eigenvalue weighted by Gasteiger charge is 2.12. The van der Waals surface area contributed by atoms with Crippen molar-refractivity contribution in [2.24, 2.45) is 0 Å². The molecule has 2 aromatic rings. The number of hydrogen-bond donors (Lipinski definition) is 1. The Bertz CT molecular complexity index is 597. The number of alkyl halides is 2. The number of hydrogen-bond acceptors (Lipinski definition) is 4. The number of halogens is 2. The molecule has 2 rings (SSSR count). The van der Waals surface area contributed by atoms with Gasteiger partial charge < -0.3 is 5.32 Å². The standard InChI is InChI=1S/C14H12F2N2OS2/c15-14(16)21-11-6-2-1-5-10(11)18-12(19)9-20-13-7-3-4-8-17-13/h1-8,14H,9H2,(H,18,19). The van der Waals surface area contributed by atoms with Crippen LogP contribution in [0.25, 0.3) is 0 Å². The molecule has 1 heterocycles. The smallest absolute Gasteiger partial charge is 0.288 e. The number of amides is 1. The number of thioether (sulfide) groups is 2. The van der Waals surface area contributed by atoms with Crippen LogP contribution in [-0.2, 0) is 4.79 Å². The summed E-state index contributed by atoms with van der Waals surface area (Å²) in [5, 5.41) is 3.38. The van der Waals surface area contributed by atoms with Crippen LogP contribution in [0.4, 0.5) is 14.5 Å². The van der Waals surface area contributed by atoms with E-state index in [1.54, 1.807) is 42.6 Å². The van der Waals surface area contributed by atoms with Crippen LogP contribution in [0, 0.1) is 0 Å². The Balaban J connectivity index is 1.93. The van der Waals surface area contributed by atoms with Crippen LogP contribution in [0.3, 0.4) is 0 Å². The van der Waals surface area contributed by atoms with Gasteiger partial charge in [0.2, 0.25) is 5.91 Å². The van der Waals surface area contributed by atoms with Crippen LogP contribution < -0.4 is 5.32 Å². The third kappa shape index (κ3) is 5.35. The molecule has 0 aliphatic rings. The molecule has 1 N–H and O–H groups in total. The second kappa shape index (κ2) is 7.99. The lowest BCUT2D eigenvalue weighted by molar-refractivity contribution is -0.113. The third-order valence-electron chi connectivity index (χ3n) is 2.37. The number of rotatable bonds is 6. The second-order valence-electron chi connectivity index (χ2n) is 3.88. The van der Waals surface area contributed by atoms with E-state index in [4.69, 9.17) is 0 Å². The van der Waals surface area contributed by atoms with Gasteiger partial charge in [-0.15, -0.1) is 0 Å². The molecule has 7 heteroatoms. The molecule has 0 spiro atoms. The van der Waals surface area contributed by atoms with Gasteiger partial charge in [-0.05, 0) is 24.3 Å². The predicted molar refractivity (Wildman–Crippen MR) is 81.9 cm³/mol. The zero-order chi connectivity index (χ0) is 15.1. The highest BCUT2D eigenvalue weighted by atomic mass is 32.2. The largest absolute Gasteiger partial charge is 0.324 e. The number of carbonyl (C=O) groups is 1. The van der Waals surface area contributed by atoms with E-state index in [-0.39, 0.29) is 11.7 Å². The molecule has 0 atom stereocenters. The molecule has 0 saturated carbocycles. The molecule has 0 aliphatic heterocycles.